The number of hydrogen-bond donors (Lipinski definition) is 3. The molecule has 4 atom stereocenters. The highest BCUT2D eigenvalue weighted by Crippen LogP contribution is 2.41. The quantitative estimate of drug-likeness (QED) is 0.711. The molecule has 2 aromatic rings. The number of aliphatic hydroxyl groups is 3. The molecule has 1 fully saturated rings. The average Bonchev–Trinajstić information content (AvgIpc) is 3.02. The van der Waals surface area contributed by atoms with Crippen LogP contribution in [0.15, 0.2) is 16.7 Å². The minimum absolute atomic E-state index is 0.153. The number of methoxy groups -OCH3 is 1. The first-order valence-electron chi connectivity index (χ1n) is 6.45. The molecule has 3 heterocycles. The van der Waals surface area contributed by atoms with Crippen LogP contribution < -0.4 is 4.74 Å². The summed E-state index contributed by atoms with van der Waals surface area (Å²) in [6, 6.07) is 1.63. The van der Waals surface area contributed by atoms with E-state index in [1.54, 1.807) is 6.07 Å². The van der Waals surface area contributed by atoms with Gasteiger partial charge in [0.1, 0.15) is 29.4 Å². The summed E-state index contributed by atoms with van der Waals surface area (Å²) in [5.74, 6) is 0.363. The summed E-state index contributed by atoms with van der Waals surface area (Å²) in [6.45, 7) is 0.992. The molecule has 1 aliphatic heterocycles. The van der Waals surface area contributed by atoms with E-state index in [2.05, 4.69) is 9.97 Å². The maximum absolute atomic E-state index is 10.4. The van der Waals surface area contributed by atoms with Gasteiger partial charge in [-0.3, -0.25) is 0 Å². The minimum atomic E-state index is -1.63. The van der Waals surface area contributed by atoms with Crippen LogP contribution in [0.2, 0.25) is 0 Å². The first kappa shape index (κ1) is 14.2. The van der Waals surface area contributed by atoms with Crippen molar-refractivity contribution in [2.75, 3.05) is 13.7 Å². The van der Waals surface area contributed by atoms with Crippen LogP contribution in [0.4, 0.5) is 0 Å². The second kappa shape index (κ2) is 4.92. The van der Waals surface area contributed by atoms with Crippen LogP contribution in [0.5, 0.6) is 5.88 Å². The Labute approximate surface area is 120 Å². The number of aromatic nitrogens is 2. The zero-order valence-corrected chi connectivity index (χ0v) is 11.6. The summed E-state index contributed by atoms with van der Waals surface area (Å²) < 4.78 is 15.9. The maximum atomic E-state index is 10.4. The number of fused-ring (bicyclic) bond motifs is 1. The smallest absolute Gasteiger partial charge is 0.261 e. The molecule has 0 radical (unpaired) electrons. The molecular formula is C13H16N2O6. The lowest BCUT2D eigenvalue weighted by atomic mass is 9.92. The standard InChI is InChI=1S/C13H16N2O6/c1-13(18)9(17)7(5-16)21-10(13)11-14-6-3-4-20-8(6)12(15-11)19-2/h3-4,7,9-10,16-18H,5H2,1-2H3/t7-,9-,10?,13-/m1/s1. The monoisotopic (exact) mass is 296 g/mol. The number of ether oxygens (including phenoxy) is 2. The van der Waals surface area contributed by atoms with Crippen molar-refractivity contribution in [2.24, 2.45) is 0 Å². The molecule has 8 nitrogen and oxygen atoms in total. The second-order valence-corrected chi connectivity index (χ2v) is 5.13. The molecule has 0 saturated carbocycles. The summed E-state index contributed by atoms with van der Waals surface area (Å²) in [4.78, 5) is 8.43. The molecule has 2 aromatic heterocycles. The molecule has 114 valence electrons. The predicted molar refractivity (Wildman–Crippen MR) is 69.7 cm³/mol. The molecule has 0 amide bonds. The van der Waals surface area contributed by atoms with Gasteiger partial charge >= 0.3 is 0 Å². The van der Waals surface area contributed by atoms with Crippen LogP contribution in [-0.4, -0.2) is 56.8 Å². The molecule has 0 aliphatic carbocycles. The fraction of sp³-hybridized carbons (Fsp3) is 0.538. The van der Waals surface area contributed by atoms with E-state index in [-0.39, 0.29) is 11.7 Å². The van der Waals surface area contributed by atoms with Gasteiger partial charge in [-0.25, -0.2) is 4.98 Å². The Hall–Kier alpha value is -1.74. The Morgan fingerprint density at radius 3 is 2.81 bits per heavy atom. The first-order valence-corrected chi connectivity index (χ1v) is 6.45. The highest BCUT2D eigenvalue weighted by Gasteiger charge is 2.53. The molecule has 0 spiro atoms. The van der Waals surface area contributed by atoms with Crippen molar-refractivity contribution in [2.45, 2.75) is 30.8 Å². The van der Waals surface area contributed by atoms with Crippen molar-refractivity contribution >= 4 is 11.1 Å². The topological polar surface area (TPSA) is 118 Å². The zero-order valence-electron chi connectivity index (χ0n) is 11.6. The molecular weight excluding hydrogens is 280 g/mol. The van der Waals surface area contributed by atoms with Crippen molar-refractivity contribution in [1.82, 2.24) is 9.97 Å². The summed E-state index contributed by atoms with van der Waals surface area (Å²) in [5.41, 5.74) is -0.744. The number of rotatable bonds is 3. The van der Waals surface area contributed by atoms with Gasteiger partial charge in [-0.1, -0.05) is 0 Å². The average molecular weight is 296 g/mol. The minimum Gasteiger partial charge on any atom is -0.478 e. The SMILES string of the molecule is COc1nc(C2O[C@H](CO)[C@@H](O)[C@@]2(C)O)nc2ccoc12. The van der Waals surface area contributed by atoms with E-state index in [1.807, 2.05) is 0 Å². The molecule has 0 bridgehead atoms. The Bertz CT molecular complexity index is 655. The van der Waals surface area contributed by atoms with Crippen LogP contribution in [-0.2, 0) is 4.74 Å². The number of hydrogen-bond acceptors (Lipinski definition) is 8. The highest BCUT2D eigenvalue weighted by molar-refractivity contribution is 5.77. The Kier molecular flexibility index (Phi) is 3.33. The Morgan fingerprint density at radius 1 is 1.43 bits per heavy atom. The summed E-state index contributed by atoms with van der Waals surface area (Å²) in [6.07, 6.45) is -1.69. The van der Waals surface area contributed by atoms with Gasteiger partial charge in [-0.15, -0.1) is 0 Å². The van der Waals surface area contributed by atoms with Crippen molar-refractivity contribution in [3.05, 3.63) is 18.2 Å². The first-order chi connectivity index (χ1) is 9.98. The number of furan rings is 1. The van der Waals surface area contributed by atoms with Gasteiger partial charge in [0.2, 0.25) is 5.58 Å². The molecule has 3 N–H and O–H groups in total. The van der Waals surface area contributed by atoms with Crippen LogP contribution in [0.1, 0.15) is 18.9 Å². The van der Waals surface area contributed by atoms with E-state index in [0.717, 1.165) is 0 Å². The van der Waals surface area contributed by atoms with E-state index < -0.39 is 30.5 Å². The van der Waals surface area contributed by atoms with Crippen LogP contribution in [0, 0.1) is 0 Å². The normalized spacial score (nSPS) is 32.7. The third-order valence-electron chi connectivity index (χ3n) is 3.69. The number of nitrogens with zero attached hydrogens (tertiary/aromatic N) is 2. The molecule has 1 saturated heterocycles. The van der Waals surface area contributed by atoms with Gasteiger partial charge in [0.25, 0.3) is 5.88 Å². The zero-order chi connectivity index (χ0) is 15.2. The van der Waals surface area contributed by atoms with E-state index >= 15 is 0 Å². The summed E-state index contributed by atoms with van der Waals surface area (Å²) in [7, 11) is 1.44. The van der Waals surface area contributed by atoms with E-state index in [1.165, 1.54) is 20.3 Å². The van der Waals surface area contributed by atoms with Gasteiger partial charge in [-0.05, 0) is 6.92 Å². The van der Waals surface area contributed by atoms with Crippen LogP contribution in [0.3, 0.4) is 0 Å². The Balaban J connectivity index is 2.07. The molecule has 1 aliphatic rings. The molecule has 8 heteroatoms. The summed E-state index contributed by atoms with van der Waals surface area (Å²) >= 11 is 0. The van der Waals surface area contributed by atoms with Crippen molar-refractivity contribution < 1.29 is 29.2 Å². The fourth-order valence-corrected chi connectivity index (χ4v) is 2.49. The molecule has 0 aromatic carbocycles. The largest absolute Gasteiger partial charge is 0.478 e. The van der Waals surface area contributed by atoms with Gasteiger partial charge in [0, 0.05) is 6.07 Å². The van der Waals surface area contributed by atoms with Crippen molar-refractivity contribution in [3.8, 4) is 5.88 Å². The molecule has 3 rings (SSSR count). The molecule has 21 heavy (non-hydrogen) atoms. The highest BCUT2D eigenvalue weighted by atomic mass is 16.6. The van der Waals surface area contributed by atoms with E-state index in [9.17, 15) is 15.3 Å². The van der Waals surface area contributed by atoms with Gasteiger partial charge < -0.3 is 29.2 Å². The van der Waals surface area contributed by atoms with Gasteiger partial charge in [0.05, 0.1) is 20.0 Å². The van der Waals surface area contributed by atoms with Crippen LogP contribution in [0.25, 0.3) is 11.1 Å². The van der Waals surface area contributed by atoms with Crippen molar-refractivity contribution in [1.29, 1.82) is 0 Å². The fourth-order valence-electron chi connectivity index (χ4n) is 2.49. The summed E-state index contributed by atoms with van der Waals surface area (Å²) in [5, 5.41) is 29.6. The Morgan fingerprint density at radius 2 is 2.19 bits per heavy atom. The second-order valence-electron chi connectivity index (χ2n) is 5.13. The third kappa shape index (κ3) is 2.07. The lowest BCUT2D eigenvalue weighted by Gasteiger charge is -2.25. The van der Waals surface area contributed by atoms with Crippen molar-refractivity contribution in [3.63, 3.8) is 0 Å². The number of aliphatic hydroxyl groups excluding tert-OH is 2. The maximum Gasteiger partial charge on any atom is 0.261 e. The van der Waals surface area contributed by atoms with Gasteiger partial charge in [-0.2, -0.15) is 4.98 Å². The van der Waals surface area contributed by atoms with Gasteiger partial charge in [0.15, 0.2) is 5.82 Å². The van der Waals surface area contributed by atoms with E-state index in [0.29, 0.717) is 11.1 Å². The predicted octanol–water partition coefficient (Wildman–Crippen LogP) is -0.224. The lowest BCUT2D eigenvalue weighted by Crippen LogP contribution is -2.43. The van der Waals surface area contributed by atoms with Crippen LogP contribution >= 0.6 is 0 Å². The lowest BCUT2D eigenvalue weighted by molar-refractivity contribution is -0.0675. The van der Waals surface area contributed by atoms with E-state index in [4.69, 9.17) is 13.9 Å². The third-order valence-corrected chi connectivity index (χ3v) is 3.69. The molecule has 1 unspecified atom stereocenters.